The minimum atomic E-state index is -0.329. The third-order valence-electron chi connectivity index (χ3n) is 9.94. The number of rotatable bonds is 1. The van der Waals surface area contributed by atoms with Gasteiger partial charge in [-0.05, 0) is 105 Å². The third kappa shape index (κ3) is 1.97. The molecule has 0 aromatic carbocycles. The molecule has 4 nitrogen and oxygen atoms in total. The lowest BCUT2D eigenvalue weighted by Gasteiger charge is -2.58. The minimum absolute atomic E-state index is 0.133. The standard InChI is InChI=1S/C24H31NO3/c1-2-23-8-5-16-17-4-3-15(25-27)13-20(17)22(11-12-22)14-18(16)19(23)6-9-24(23)10-7-21(26)28-24/h7,10,13,16-19,27H,2-6,8-9,11-12,14H2,1H3/b25-15+/t16?,17-,18?,19?,23+,24-/m1/s1. The van der Waals surface area contributed by atoms with Crippen LogP contribution in [0.3, 0.4) is 0 Å². The molecule has 6 atom stereocenters. The molecule has 0 aromatic rings. The molecule has 4 saturated carbocycles. The van der Waals surface area contributed by atoms with Crippen molar-refractivity contribution in [3.05, 3.63) is 23.8 Å². The van der Waals surface area contributed by atoms with E-state index in [4.69, 9.17) is 4.74 Å². The Labute approximate surface area is 167 Å². The van der Waals surface area contributed by atoms with Crippen molar-refractivity contribution in [1.29, 1.82) is 0 Å². The van der Waals surface area contributed by atoms with E-state index in [0.29, 0.717) is 17.3 Å². The summed E-state index contributed by atoms with van der Waals surface area (Å²) < 4.78 is 6.05. The molecule has 150 valence electrons. The fourth-order valence-electron chi connectivity index (χ4n) is 8.65. The number of oxime groups is 1. The number of carbonyl (C=O) groups is 1. The van der Waals surface area contributed by atoms with Crippen molar-refractivity contribution in [2.24, 2.45) is 39.7 Å². The Bertz CT molecular complexity index is 822. The molecule has 0 aromatic heterocycles. The molecule has 1 heterocycles. The lowest BCUT2D eigenvalue weighted by molar-refractivity contribution is -0.165. The highest BCUT2D eigenvalue weighted by Crippen LogP contribution is 2.73. The maximum atomic E-state index is 12.0. The fraction of sp³-hybridized carbons (Fsp3) is 0.750. The molecule has 1 N–H and O–H groups in total. The van der Waals surface area contributed by atoms with Gasteiger partial charge >= 0.3 is 5.97 Å². The van der Waals surface area contributed by atoms with Gasteiger partial charge in [0, 0.05) is 11.5 Å². The van der Waals surface area contributed by atoms with Gasteiger partial charge in [0.2, 0.25) is 0 Å². The van der Waals surface area contributed by atoms with Gasteiger partial charge in [-0.2, -0.15) is 0 Å². The zero-order valence-electron chi connectivity index (χ0n) is 16.8. The van der Waals surface area contributed by atoms with Gasteiger partial charge in [0.05, 0.1) is 5.71 Å². The van der Waals surface area contributed by atoms with Gasteiger partial charge in [-0.3, -0.25) is 0 Å². The number of nitrogens with zero attached hydrogens (tertiary/aromatic N) is 1. The molecule has 0 amide bonds. The summed E-state index contributed by atoms with van der Waals surface area (Å²) in [6, 6.07) is 0. The Balaban J connectivity index is 1.39. The van der Waals surface area contributed by atoms with E-state index in [-0.39, 0.29) is 17.0 Å². The van der Waals surface area contributed by atoms with Crippen LogP contribution in [0.25, 0.3) is 0 Å². The molecular weight excluding hydrogens is 350 g/mol. The Morgan fingerprint density at radius 3 is 2.71 bits per heavy atom. The SMILES string of the molecule is CC[C@]12CCC3C(CC4(CC4)C4=C/C(=N/O)CC[C@@H]43)C1CC[C@@]21C=CC(=O)O1. The van der Waals surface area contributed by atoms with Crippen LogP contribution in [-0.4, -0.2) is 22.5 Å². The van der Waals surface area contributed by atoms with Crippen LogP contribution in [0.2, 0.25) is 0 Å². The maximum Gasteiger partial charge on any atom is 0.331 e. The maximum absolute atomic E-state index is 12.0. The smallest absolute Gasteiger partial charge is 0.331 e. The molecular formula is C24H31NO3. The molecule has 3 unspecified atom stereocenters. The number of hydrogen-bond donors (Lipinski definition) is 1. The van der Waals surface area contributed by atoms with Crippen LogP contribution in [0.15, 0.2) is 29.0 Å². The first-order valence-electron chi connectivity index (χ1n) is 11.4. The number of allylic oxidation sites excluding steroid dienone is 2. The molecule has 0 radical (unpaired) electrons. The Hall–Kier alpha value is -1.58. The van der Waals surface area contributed by atoms with E-state index in [0.717, 1.165) is 43.2 Å². The summed E-state index contributed by atoms with van der Waals surface area (Å²) in [5.74, 6) is 2.75. The highest BCUT2D eigenvalue weighted by atomic mass is 16.6. The second kappa shape index (κ2) is 5.52. The quantitative estimate of drug-likeness (QED) is 0.394. The van der Waals surface area contributed by atoms with E-state index in [2.05, 4.69) is 24.2 Å². The first-order valence-corrected chi connectivity index (χ1v) is 11.4. The number of hydrogen-bond acceptors (Lipinski definition) is 4. The summed E-state index contributed by atoms with van der Waals surface area (Å²) in [4.78, 5) is 12.0. The van der Waals surface area contributed by atoms with Crippen molar-refractivity contribution >= 4 is 11.7 Å². The first kappa shape index (κ1) is 17.3. The Morgan fingerprint density at radius 1 is 1.18 bits per heavy atom. The van der Waals surface area contributed by atoms with Gasteiger partial charge in [-0.25, -0.2) is 4.79 Å². The second-order valence-corrected chi connectivity index (χ2v) is 10.5. The predicted octanol–water partition coefficient (Wildman–Crippen LogP) is 5.02. The van der Waals surface area contributed by atoms with Gasteiger partial charge in [0.25, 0.3) is 0 Å². The third-order valence-corrected chi connectivity index (χ3v) is 9.94. The van der Waals surface area contributed by atoms with E-state index < -0.39 is 0 Å². The predicted molar refractivity (Wildman–Crippen MR) is 106 cm³/mol. The first-order chi connectivity index (χ1) is 13.6. The summed E-state index contributed by atoms with van der Waals surface area (Å²) in [6.45, 7) is 2.33. The topological polar surface area (TPSA) is 58.9 Å². The number of ether oxygens (including phenoxy) is 1. The highest BCUT2D eigenvalue weighted by Gasteiger charge is 2.68. The number of carbonyl (C=O) groups excluding carboxylic acids is 1. The largest absolute Gasteiger partial charge is 0.451 e. The molecule has 0 saturated heterocycles. The van der Waals surface area contributed by atoms with E-state index in [1.165, 1.54) is 38.5 Å². The minimum Gasteiger partial charge on any atom is -0.451 e. The van der Waals surface area contributed by atoms with Crippen molar-refractivity contribution in [1.82, 2.24) is 0 Å². The zero-order chi connectivity index (χ0) is 19.1. The van der Waals surface area contributed by atoms with Crippen molar-refractivity contribution < 1.29 is 14.7 Å². The second-order valence-electron chi connectivity index (χ2n) is 10.5. The normalized spacial score (nSPS) is 49.0. The Morgan fingerprint density at radius 2 is 2.04 bits per heavy atom. The molecule has 1 aliphatic heterocycles. The zero-order valence-corrected chi connectivity index (χ0v) is 16.8. The van der Waals surface area contributed by atoms with Gasteiger partial charge in [-0.1, -0.05) is 17.7 Å². The van der Waals surface area contributed by atoms with Crippen LogP contribution < -0.4 is 0 Å². The summed E-state index contributed by atoms with van der Waals surface area (Å²) >= 11 is 0. The van der Waals surface area contributed by atoms with Crippen LogP contribution in [0.1, 0.15) is 71.1 Å². The summed E-state index contributed by atoms with van der Waals surface area (Å²) in [5.41, 5.74) is 2.71. The molecule has 2 spiro atoms. The Kier molecular flexibility index (Phi) is 3.41. The van der Waals surface area contributed by atoms with Crippen molar-refractivity contribution in [3.63, 3.8) is 0 Å². The van der Waals surface area contributed by atoms with E-state index in [1.54, 1.807) is 11.6 Å². The number of esters is 1. The molecule has 6 aliphatic rings. The van der Waals surface area contributed by atoms with Gasteiger partial charge in [-0.15, -0.1) is 0 Å². The fourth-order valence-corrected chi connectivity index (χ4v) is 8.65. The molecule has 4 fully saturated rings. The number of fused-ring (bicyclic) bond motifs is 7. The average molecular weight is 382 g/mol. The molecule has 0 bridgehead atoms. The highest BCUT2D eigenvalue weighted by molar-refractivity contribution is 5.96. The van der Waals surface area contributed by atoms with Crippen molar-refractivity contribution in [2.45, 2.75) is 76.7 Å². The monoisotopic (exact) mass is 381 g/mol. The average Bonchev–Trinajstić information content (AvgIpc) is 3.27. The van der Waals surface area contributed by atoms with Crippen LogP contribution in [0, 0.1) is 34.5 Å². The lowest BCUT2D eigenvalue weighted by atomic mass is 9.47. The van der Waals surface area contributed by atoms with Crippen LogP contribution >= 0.6 is 0 Å². The van der Waals surface area contributed by atoms with E-state index >= 15 is 0 Å². The van der Waals surface area contributed by atoms with Gasteiger partial charge in [0.15, 0.2) is 0 Å². The van der Waals surface area contributed by atoms with E-state index in [1.807, 2.05) is 0 Å². The van der Waals surface area contributed by atoms with Crippen LogP contribution in [0.5, 0.6) is 0 Å². The van der Waals surface area contributed by atoms with E-state index in [9.17, 15) is 10.0 Å². The van der Waals surface area contributed by atoms with Crippen molar-refractivity contribution in [3.8, 4) is 0 Å². The van der Waals surface area contributed by atoms with Gasteiger partial charge < -0.3 is 9.94 Å². The molecule has 28 heavy (non-hydrogen) atoms. The van der Waals surface area contributed by atoms with Crippen molar-refractivity contribution in [2.75, 3.05) is 0 Å². The van der Waals surface area contributed by atoms with Gasteiger partial charge in [0.1, 0.15) is 5.60 Å². The summed E-state index contributed by atoms with van der Waals surface area (Å²) in [6.07, 6.45) is 17.8. The summed E-state index contributed by atoms with van der Waals surface area (Å²) in [7, 11) is 0. The molecule has 4 heteroatoms. The summed E-state index contributed by atoms with van der Waals surface area (Å²) in [5, 5.41) is 12.9. The molecule has 6 rings (SSSR count). The van der Waals surface area contributed by atoms with Crippen LogP contribution in [0.4, 0.5) is 0 Å². The molecule has 5 aliphatic carbocycles. The lowest BCUT2D eigenvalue weighted by Crippen LogP contribution is -2.54. The van der Waals surface area contributed by atoms with Crippen LogP contribution in [-0.2, 0) is 9.53 Å².